The number of allylic oxidation sites excluding steroid dienone is 2. The largest absolute Gasteiger partial charge is 0.463 e. The lowest BCUT2D eigenvalue weighted by Crippen LogP contribution is -2.63. The lowest BCUT2D eigenvalue weighted by Gasteiger charge is -2.43. The van der Waals surface area contributed by atoms with Gasteiger partial charge in [0.1, 0.15) is 55.9 Å². The fourth-order valence-corrected chi connectivity index (χ4v) is 5.97. The number of hydrogen-bond acceptors (Lipinski definition) is 13. The van der Waals surface area contributed by atoms with Crippen molar-refractivity contribution in [2.75, 3.05) is 19.8 Å². The van der Waals surface area contributed by atoms with Crippen LogP contribution in [0.2, 0.25) is 0 Å². The van der Waals surface area contributed by atoms with Crippen LogP contribution in [-0.4, -0.2) is 117 Å². The first-order valence-corrected chi connectivity index (χ1v) is 18.6. The third-order valence-electron chi connectivity index (χ3n) is 9.14. The number of rotatable bonds is 26. The molecule has 2 saturated heterocycles. The third-order valence-corrected chi connectivity index (χ3v) is 9.14. The van der Waals surface area contributed by atoms with E-state index in [1.807, 2.05) is 6.08 Å². The highest BCUT2D eigenvalue weighted by Crippen LogP contribution is 2.37. The van der Waals surface area contributed by atoms with Crippen molar-refractivity contribution in [1.29, 1.82) is 0 Å². The minimum atomic E-state index is -2.29. The Kier molecular flexibility index (Phi) is 21.7. The Hall–Kier alpha value is -1.68. The summed E-state index contributed by atoms with van der Waals surface area (Å²) in [5, 5.41) is 62.9. The minimum absolute atomic E-state index is 0.101. The average Bonchev–Trinajstić information content (AvgIpc) is 3.33. The quantitative estimate of drug-likeness (QED) is 0.0436. The molecule has 0 saturated carbocycles. The summed E-state index contributed by atoms with van der Waals surface area (Å²) in [4.78, 5) is 24.9. The fourth-order valence-electron chi connectivity index (χ4n) is 5.97. The Morgan fingerprint density at radius 3 is 1.82 bits per heavy atom. The average molecular weight is 705 g/mol. The Labute approximate surface area is 291 Å². The zero-order valence-electron chi connectivity index (χ0n) is 29.7. The van der Waals surface area contributed by atoms with Gasteiger partial charge >= 0.3 is 11.9 Å². The molecule has 0 aromatic heterocycles. The molecule has 0 amide bonds. The SMILES string of the molecule is CCCCCC/C=C\CCCC(=O)OC[C@H]1O[C@H](O[C@]2(COC(=O)CCCCCCCCCCC)O[C@H](CO)[C@@H](O)[C@@H]2O)[C@H](O)[C@@H](O)[C@@H]1O. The van der Waals surface area contributed by atoms with Gasteiger partial charge in [-0.3, -0.25) is 9.59 Å². The highest BCUT2D eigenvalue weighted by atomic mass is 16.8. The molecule has 0 aromatic carbocycles. The van der Waals surface area contributed by atoms with E-state index in [0.717, 1.165) is 38.5 Å². The molecule has 0 radical (unpaired) electrons. The lowest BCUT2D eigenvalue weighted by atomic mass is 9.99. The normalized spacial score (nSPS) is 30.2. The van der Waals surface area contributed by atoms with Gasteiger partial charge in [0.25, 0.3) is 0 Å². The van der Waals surface area contributed by atoms with E-state index in [9.17, 15) is 40.2 Å². The molecule has 0 unspecified atom stereocenters. The smallest absolute Gasteiger partial charge is 0.305 e. The molecule has 286 valence electrons. The van der Waals surface area contributed by atoms with E-state index in [1.54, 1.807) is 0 Å². The number of aliphatic hydroxyl groups is 6. The van der Waals surface area contributed by atoms with E-state index in [0.29, 0.717) is 19.3 Å². The second-order valence-corrected chi connectivity index (χ2v) is 13.4. The molecule has 0 aliphatic carbocycles. The molecule has 13 heteroatoms. The van der Waals surface area contributed by atoms with Crippen LogP contribution in [0, 0.1) is 0 Å². The van der Waals surface area contributed by atoms with Gasteiger partial charge in [-0.25, -0.2) is 0 Å². The maximum atomic E-state index is 12.6. The Morgan fingerprint density at radius 1 is 0.653 bits per heavy atom. The van der Waals surface area contributed by atoms with E-state index >= 15 is 0 Å². The molecule has 49 heavy (non-hydrogen) atoms. The van der Waals surface area contributed by atoms with Gasteiger partial charge in [-0.1, -0.05) is 96.6 Å². The van der Waals surface area contributed by atoms with Crippen LogP contribution in [0.25, 0.3) is 0 Å². The van der Waals surface area contributed by atoms with Gasteiger partial charge in [-0.15, -0.1) is 0 Å². The van der Waals surface area contributed by atoms with Gasteiger partial charge in [-0.2, -0.15) is 0 Å². The monoisotopic (exact) mass is 704 g/mol. The topological polar surface area (TPSA) is 202 Å². The Morgan fingerprint density at radius 2 is 1.20 bits per heavy atom. The van der Waals surface area contributed by atoms with Gasteiger partial charge in [0.15, 0.2) is 6.29 Å². The molecule has 0 aromatic rings. The van der Waals surface area contributed by atoms with Gasteiger partial charge in [0.2, 0.25) is 5.79 Å². The van der Waals surface area contributed by atoms with E-state index in [1.165, 1.54) is 44.9 Å². The molecule has 2 fully saturated rings. The summed E-state index contributed by atoms with van der Waals surface area (Å²) in [6.07, 6.45) is 7.71. The van der Waals surface area contributed by atoms with Crippen LogP contribution >= 0.6 is 0 Å². The van der Waals surface area contributed by atoms with Crippen LogP contribution in [0.3, 0.4) is 0 Å². The molecule has 0 spiro atoms. The molecule has 2 aliphatic heterocycles. The van der Waals surface area contributed by atoms with Crippen molar-refractivity contribution in [2.45, 2.75) is 184 Å². The Balaban J connectivity index is 1.90. The van der Waals surface area contributed by atoms with Crippen molar-refractivity contribution in [1.82, 2.24) is 0 Å². The van der Waals surface area contributed by atoms with Crippen molar-refractivity contribution >= 4 is 11.9 Å². The van der Waals surface area contributed by atoms with Crippen LogP contribution in [-0.2, 0) is 33.3 Å². The minimum Gasteiger partial charge on any atom is -0.463 e. The van der Waals surface area contributed by atoms with Crippen LogP contribution in [0.4, 0.5) is 0 Å². The van der Waals surface area contributed by atoms with E-state index in [-0.39, 0.29) is 12.8 Å². The molecule has 6 N–H and O–H groups in total. The van der Waals surface area contributed by atoms with E-state index in [2.05, 4.69) is 19.9 Å². The third kappa shape index (κ3) is 15.2. The number of carbonyl (C=O) groups excluding carboxylic acids is 2. The van der Waals surface area contributed by atoms with Crippen molar-refractivity contribution in [3.8, 4) is 0 Å². The molecule has 13 nitrogen and oxygen atoms in total. The van der Waals surface area contributed by atoms with Gasteiger partial charge in [0.05, 0.1) is 6.61 Å². The second kappa shape index (κ2) is 24.5. The fraction of sp³-hybridized carbons (Fsp3) is 0.889. The Bertz CT molecular complexity index is 933. The first-order valence-electron chi connectivity index (χ1n) is 18.6. The summed E-state index contributed by atoms with van der Waals surface area (Å²) in [5.74, 6) is -3.43. The molecule has 9 atom stereocenters. The molecular formula is C36H64O13. The first kappa shape index (κ1) is 43.5. The van der Waals surface area contributed by atoms with Crippen LogP contribution in [0.5, 0.6) is 0 Å². The molecule has 2 heterocycles. The zero-order chi connectivity index (χ0) is 36.1. The standard InChI is InChI=1S/C36H64O13/c1-3-5-7-9-11-13-15-17-19-21-28(38)45-24-27-30(40)32(42)33(43)35(47-27)49-36(34(44)31(41)26(23-37)48-36)25-46-29(39)22-20-18-16-14-12-10-8-6-4-2/h13,15,26-27,30-35,37,40-44H,3-12,14,16-25H2,1-2H3/b15-13-/t26-,27-,30-,31-,32+,33-,34+,35-,36+/m1/s1. The van der Waals surface area contributed by atoms with Crippen molar-refractivity contribution in [2.24, 2.45) is 0 Å². The first-order chi connectivity index (χ1) is 23.6. The summed E-state index contributed by atoms with van der Waals surface area (Å²) in [7, 11) is 0. The zero-order valence-corrected chi connectivity index (χ0v) is 29.7. The summed E-state index contributed by atoms with van der Waals surface area (Å²) in [6, 6.07) is 0. The number of esters is 2. The summed E-state index contributed by atoms with van der Waals surface area (Å²) in [6.45, 7) is 2.44. The predicted octanol–water partition coefficient (Wildman–Crippen LogP) is 3.32. The maximum Gasteiger partial charge on any atom is 0.305 e. The number of ether oxygens (including phenoxy) is 5. The summed E-state index contributed by atoms with van der Waals surface area (Å²) in [5.41, 5.74) is 0. The maximum absolute atomic E-state index is 12.6. The second-order valence-electron chi connectivity index (χ2n) is 13.4. The van der Waals surface area contributed by atoms with Crippen LogP contribution in [0.15, 0.2) is 12.2 Å². The number of hydrogen-bond donors (Lipinski definition) is 6. The van der Waals surface area contributed by atoms with Gasteiger partial charge in [-0.05, 0) is 32.1 Å². The summed E-state index contributed by atoms with van der Waals surface area (Å²) >= 11 is 0. The molecule has 0 bridgehead atoms. The highest BCUT2D eigenvalue weighted by Gasteiger charge is 2.59. The predicted molar refractivity (Wildman–Crippen MR) is 180 cm³/mol. The van der Waals surface area contributed by atoms with Crippen molar-refractivity contribution < 1.29 is 63.9 Å². The van der Waals surface area contributed by atoms with Gasteiger partial charge < -0.3 is 54.3 Å². The van der Waals surface area contributed by atoms with Crippen LogP contribution < -0.4 is 0 Å². The molecule has 2 rings (SSSR count). The molecular weight excluding hydrogens is 640 g/mol. The number of carbonyl (C=O) groups is 2. The van der Waals surface area contributed by atoms with Crippen molar-refractivity contribution in [3.63, 3.8) is 0 Å². The lowest BCUT2D eigenvalue weighted by molar-refractivity contribution is -0.383. The van der Waals surface area contributed by atoms with E-state index < -0.39 is 86.6 Å². The van der Waals surface area contributed by atoms with Gasteiger partial charge in [0, 0.05) is 12.8 Å². The van der Waals surface area contributed by atoms with E-state index in [4.69, 9.17) is 23.7 Å². The number of unbranched alkanes of at least 4 members (excludes halogenated alkanes) is 13. The summed E-state index contributed by atoms with van der Waals surface area (Å²) < 4.78 is 27.7. The van der Waals surface area contributed by atoms with Crippen molar-refractivity contribution in [3.05, 3.63) is 12.2 Å². The van der Waals surface area contributed by atoms with Crippen LogP contribution in [0.1, 0.15) is 129 Å². The number of aliphatic hydroxyl groups excluding tert-OH is 6. The highest BCUT2D eigenvalue weighted by molar-refractivity contribution is 5.69. The molecule has 2 aliphatic rings.